The summed E-state index contributed by atoms with van der Waals surface area (Å²) >= 11 is 0. The van der Waals surface area contributed by atoms with Crippen LogP contribution in [0.15, 0.2) is 0 Å². The van der Waals surface area contributed by atoms with Crippen molar-refractivity contribution in [3.63, 3.8) is 0 Å². The van der Waals surface area contributed by atoms with Crippen LogP contribution in [-0.2, 0) is 19.1 Å². The molecule has 98 valence electrons. The van der Waals surface area contributed by atoms with Crippen LogP contribution in [0.2, 0.25) is 0 Å². The topological polar surface area (TPSA) is 55.8 Å². The van der Waals surface area contributed by atoms with Gasteiger partial charge in [0.15, 0.2) is 0 Å². The minimum Gasteiger partial charge on any atom is -0.468 e. The smallest absolute Gasteiger partial charge is 0.322 e. The maximum Gasteiger partial charge on any atom is 0.322 e. The first-order valence-corrected chi connectivity index (χ1v) is 6.08. The number of hydrogen-bond acceptors (Lipinski definition) is 5. The zero-order valence-electron chi connectivity index (χ0n) is 10.8. The second kappa shape index (κ2) is 6.59. The first kappa shape index (κ1) is 14.0. The fraction of sp³-hybridized carbons (Fsp3) is 0.833. The molecule has 1 aliphatic heterocycles. The van der Waals surface area contributed by atoms with E-state index in [1.807, 2.05) is 4.90 Å². The van der Waals surface area contributed by atoms with Crippen molar-refractivity contribution in [2.24, 2.45) is 5.92 Å². The van der Waals surface area contributed by atoms with E-state index in [1.165, 1.54) is 7.11 Å². The van der Waals surface area contributed by atoms with E-state index in [0.29, 0.717) is 13.2 Å². The van der Waals surface area contributed by atoms with Crippen molar-refractivity contribution < 1.29 is 19.1 Å². The van der Waals surface area contributed by atoms with Crippen molar-refractivity contribution in [2.45, 2.75) is 32.7 Å². The van der Waals surface area contributed by atoms with Crippen molar-refractivity contribution in [2.75, 3.05) is 26.8 Å². The van der Waals surface area contributed by atoms with E-state index in [2.05, 4.69) is 0 Å². The van der Waals surface area contributed by atoms with E-state index >= 15 is 0 Å². The summed E-state index contributed by atoms with van der Waals surface area (Å²) in [6.07, 6.45) is 1.74. The van der Waals surface area contributed by atoms with Gasteiger partial charge in [-0.1, -0.05) is 0 Å². The molecule has 0 aliphatic carbocycles. The molecule has 17 heavy (non-hydrogen) atoms. The Labute approximate surface area is 102 Å². The molecule has 1 fully saturated rings. The lowest BCUT2D eigenvalue weighted by Crippen LogP contribution is -2.47. The first-order chi connectivity index (χ1) is 8.10. The zero-order chi connectivity index (χ0) is 12.8. The number of nitrogens with zero attached hydrogens (tertiary/aromatic N) is 1. The molecule has 0 radical (unpaired) electrons. The van der Waals surface area contributed by atoms with Gasteiger partial charge in [0.1, 0.15) is 6.04 Å². The summed E-state index contributed by atoms with van der Waals surface area (Å²) < 4.78 is 9.73. The van der Waals surface area contributed by atoms with Gasteiger partial charge < -0.3 is 9.47 Å². The van der Waals surface area contributed by atoms with Crippen LogP contribution >= 0.6 is 0 Å². The standard InChI is InChI=1S/C12H21NO4/c1-4-17-12(15)10-6-5-7-13(8-10)9(2)11(14)16-3/h9-10H,4-8H2,1-3H3/t9-,10+/m1/s1. The maximum atomic E-state index is 11.6. The molecule has 1 heterocycles. The van der Waals surface area contributed by atoms with Crippen LogP contribution < -0.4 is 0 Å². The van der Waals surface area contributed by atoms with E-state index in [9.17, 15) is 9.59 Å². The Morgan fingerprint density at radius 2 is 2.18 bits per heavy atom. The van der Waals surface area contributed by atoms with Crippen molar-refractivity contribution in [1.29, 1.82) is 0 Å². The number of carbonyl (C=O) groups is 2. The third kappa shape index (κ3) is 3.70. The Morgan fingerprint density at radius 3 is 2.76 bits per heavy atom. The third-order valence-corrected chi connectivity index (χ3v) is 3.16. The second-order valence-corrected chi connectivity index (χ2v) is 4.29. The van der Waals surface area contributed by atoms with Crippen molar-refractivity contribution >= 4 is 11.9 Å². The number of ether oxygens (including phenoxy) is 2. The van der Waals surface area contributed by atoms with E-state index in [0.717, 1.165) is 19.4 Å². The fourth-order valence-electron chi connectivity index (χ4n) is 2.13. The number of hydrogen-bond donors (Lipinski definition) is 0. The Morgan fingerprint density at radius 1 is 1.47 bits per heavy atom. The molecule has 0 spiro atoms. The Balaban J connectivity index is 2.54. The van der Waals surface area contributed by atoms with Gasteiger partial charge in [0.05, 0.1) is 19.6 Å². The molecule has 0 saturated carbocycles. The average molecular weight is 243 g/mol. The largest absolute Gasteiger partial charge is 0.468 e. The molecule has 5 heteroatoms. The molecule has 1 saturated heterocycles. The molecule has 1 rings (SSSR count). The van der Waals surface area contributed by atoms with Crippen molar-refractivity contribution in [3.05, 3.63) is 0 Å². The number of esters is 2. The minimum atomic E-state index is -0.294. The van der Waals surface area contributed by atoms with Crippen molar-refractivity contribution in [1.82, 2.24) is 4.90 Å². The molecular weight excluding hydrogens is 222 g/mol. The lowest BCUT2D eigenvalue weighted by molar-refractivity contribution is -0.154. The number of methoxy groups -OCH3 is 1. The van der Waals surface area contributed by atoms with Gasteiger partial charge in [-0.25, -0.2) is 0 Å². The molecule has 0 aromatic rings. The molecule has 0 amide bonds. The molecule has 5 nitrogen and oxygen atoms in total. The first-order valence-electron chi connectivity index (χ1n) is 6.08. The molecule has 1 aliphatic rings. The predicted octanol–water partition coefficient (Wildman–Crippen LogP) is 0.823. The van der Waals surface area contributed by atoms with Crippen LogP contribution in [0.25, 0.3) is 0 Å². The van der Waals surface area contributed by atoms with Gasteiger partial charge in [0, 0.05) is 6.54 Å². The molecule has 0 aromatic heterocycles. The van der Waals surface area contributed by atoms with Gasteiger partial charge in [-0.15, -0.1) is 0 Å². The van der Waals surface area contributed by atoms with Crippen LogP contribution in [0, 0.1) is 5.92 Å². The second-order valence-electron chi connectivity index (χ2n) is 4.29. The van der Waals surface area contributed by atoms with Crippen molar-refractivity contribution in [3.8, 4) is 0 Å². The van der Waals surface area contributed by atoms with E-state index in [1.54, 1.807) is 13.8 Å². The van der Waals surface area contributed by atoms with E-state index < -0.39 is 0 Å². The number of piperidine rings is 1. The molecule has 0 N–H and O–H groups in total. The summed E-state index contributed by atoms with van der Waals surface area (Å²) in [5, 5.41) is 0. The molecule has 0 unspecified atom stereocenters. The lowest BCUT2D eigenvalue weighted by Gasteiger charge is -2.34. The highest BCUT2D eigenvalue weighted by Crippen LogP contribution is 2.20. The fourth-order valence-corrected chi connectivity index (χ4v) is 2.13. The van der Waals surface area contributed by atoms with Gasteiger partial charge in [0.25, 0.3) is 0 Å². The average Bonchev–Trinajstić information content (AvgIpc) is 2.37. The Kier molecular flexibility index (Phi) is 5.41. The van der Waals surface area contributed by atoms with Gasteiger partial charge in [0.2, 0.25) is 0 Å². The quantitative estimate of drug-likeness (QED) is 0.684. The lowest BCUT2D eigenvalue weighted by atomic mass is 9.97. The highest BCUT2D eigenvalue weighted by atomic mass is 16.5. The Hall–Kier alpha value is -1.10. The highest BCUT2D eigenvalue weighted by molar-refractivity contribution is 5.76. The third-order valence-electron chi connectivity index (χ3n) is 3.16. The monoisotopic (exact) mass is 243 g/mol. The van der Waals surface area contributed by atoms with Crippen LogP contribution in [0.4, 0.5) is 0 Å². The van der Waals surface area contributed by atoms with Gasteiger partial charge in [-0.3, -0.25) is 14.5 Å². The maximum absolute atomic E-state index is 11.6. The van der Waals surface area contributed by atoms with Gasteiger partial charge in [-0.05, 0) is 33.2 Å². The molecule has 0 bridgehead atoms. The molecule has 2 atom stereocenters. The number of rotatable bonds is 4. The predicted molar refractivity (Wildman–Crippen MR) is 62.4 cm³/mol. The summed E-state index contributed by atoms with van der Waals surface area (Å²) in [5.74, 6) is -0.528. The summed E-state index contributed by atoms with van der Waals surface area (Å²) in [5.41, 5.74) is 0. The Bertz CT molecular complexity index is 280. The summed E-state index contributed by atoms with van der Waals surface area (Å²) in [7, 11) is 1.38. The summed E-state index contributed by atoms with van der Waals surface area (Å²) in [6, 6.07) is -0.294. The van der Waals surface area contributed by atoms with Crippen LogP contribution in [0.5, 0.6) is 0 Å². The van der Waals surface area contributed by atoms with Crippen LogP contribution in [0.1, 0.15) is 26.7 Å². The van der Waals surface area contributed by atoms with E-state index in [4.69, 9.17) is 9.47 Å². The number of carbonyl (C=O) groups excluding carboxylic acids is 2. The highest BCUT2D eigenvalue weighted by Gasteiger charge is 2.31. The summed E-state index contributed by atoms with van der Waals surface area (Å²) in [6.45, 7) is 5.41. The number of likely N-dealkylation sites (tertiary alicyclic amines) is 1. The normalized spacial score (nSPS) is 22.9. The zero-order valence-corrected chi connectivity index (χ0v) is 10.8. The minimum absolute atomic E-state index is 0.115. The molecule has 0 aromatic carbocycles. The van der Waals surface area contributed by atoms with Crippen LogP contribution in [-0.4, -0.2) is 49.7 Å². The molecular formula is C12H21NO4. The summed E-state index contributed by atoms with van der Waals surface area (Å²) in [4.78, 5) is 25.1. The van der Waals surface area contributed by atoms with Gasteiger partial charge in [-0.2, -0.15) is 0 Å². The van der Waals surface area contributed by atoms with Gasteiger partial charge >= 0.3 is 11.9 Å². The van der Waals surface area contributed by atoms with E-state index in [-0.39, 0.29) is 23.9 Å². The van der Waals surface area contributed by atoms with Crippen LogP contribution in [0.3, 0.4) is 0 Å². The SMILES string of the molecule is CCOC(=O)[C@H]1CCCN([C@H](C)C(=O)OC)C1.